The summed E-state index contributed by atoms with van der Waals surface area (Å²) in [5, 5.41) is 22.9. The maximum absolute atomic E-state index is 12.2. The van der Waals surface area contributed by atoms with Crippen LogP contribution in [-0.2, 0) is 12.8 Å². The van der Waals surface area contributed by atoms with Crippen molar-refractivity contribution < 1.29 is 18.6 Å². The van der Waals surface area contributed by atoms with Gasteiger partial charge in [-0.25, -0.2) is 18.7 Å². The van der Waals surface area contributed by atoms with Crippen molar-refractivity contribution in [3.8, 4) is 11.8 Å². The first-order chi connectivity index (χ1) is 15.3. The van der Waals surface area contributed by atoms with Crippen LogP contribution in [0, 0.1) is 22.7 Å². The first-order valence-corrected chi connectivity index (χ1v) is 10.9. The Bertz CT molecular complexity index is 929. The smallest absolute Gasteiger partial charge is 0.272 e. The van der Waals surface area contributed by atoms with Crippen molar-refractivity contribution in [2.75, 3.05) is 18.5 Å². The lowest BCUT2D eigenvalue weighted by molar-refractivity contribution is -0.00748. The molecule has 1 saturated carbocycles. The molecule has 2 aromatic rings. The average molecular weight is 445 g/mol. The van der Waals surface area contributed by atoms with Crippen LogP contribution in [0.3, 0.4) is 0 Å². The number of halogens is 2. The molecule has 0 saturated heterocycles. The molecule has 0 amide bonds. The number of hydrogen-bond donors (Lipinski definition) is 2. The molecule has 2 N–H and O–H groups in total. The van der Waals surface area contributed by atoms with E-state index in [2.05, 4.69) is 35.2 Å². The van der Waals surface area contributed by atoms with E-state index in [1.807, 2.05) is 12.1 Å². The van der Waals surface area contributed by atoms with Crippen LogP contribution in [0.15, 0.2) is 30.5 Å². The number of benzene rings is 1. The molecule has 1 aromatic carbocycles. The molecule has 0 spiro atoms. The Balaban J connectivity index is 1.55. The zero-order valence-electron chi connectivity index (χ0n) is 18.5. The van der Waals surface area contributed by atoms with Gasteiger partial charge in [-0.2, -0.15) is 5.26 Å². The maximum Gasteiger partial charge on any atom is 0.272 e. The topological polar surface area (TPSA) is 91.1 Å². The van der Waals surface area contributed by atoms with Crippen LogP contribution in [0.4, 0.5) is 14.7 Å². The molecule has 1 heterocycles. The molecule has 0 bridgehead atoms. The van der Waals surface area contributed by atoms with Gasteiger partial charge < -0.3 is 15.2 Å². The Labute approximate surface area is 187 Å². The third-order valence-electron chi connectivity index (χ3n) is 6.03. The number of ether oxygens (including phenoxy) is 1. The number of nitriles is 1. The number of anilines is 1. The van der Waals surface area contributed by atoms with E-state index in [9.17, 15) is 19.1 Å². The molecule has 32 heavy (non-hydrogen) atoms. The summed E-state index contributed by atoms with van der Waals surface area (Å²) >= 11 is 0. The van der Waals surface area contributed by atoms with Gasteiger partial charge in [0.1, 0.15) is 18.4 Å². The van der Waals surface area contributed by atoms with Crippen LogP contribution in [0.2, 0.25) is 0 Å². The lowest BCUT2D eigenvalue weighted by Gasteiger charge is -2.39. The molecular weight excluding hydrogens is 414 g/mol. The van der Waals surface area contributed by atoms with Gasteiger partial charge in [-0.3, -0.25) is 0 Å². The fourth-order valence-electron chi connectivity index (χ4n) is 4.20. The second-order valence-electron chi connectivity index (χ2n) is 9.04. The molecule has 0 aliphatic heterocycles. The van der Waals surface area contributed by atoms with Gasteiger partial charge in [-0.15, -0.1) is 0 Å². The number of aromatic nitrogens is 2. The zero-order valence-corrected chi connectivity index (χ0v) is 18.5. The summed E-state index contributed by atoms with van der Waals surface area (Å²) in [4.78, 5) is 8.85. The predicted octanol–water partition coefficient (Wildman–Crippen LogP) is 4.38. The molecule has 6 nitrogen and oxygen atoms in total. The first kappa shape index (κ1) is 23.9. The predicted molar refractivity (Wildman–Crippen MR) is 118 cm³/mol. The van der Waals surface area contributed by atoms with Crippen LogP contribution < -0.4 is 10.1 Å². The Morgan fingerprint density at radius 2 is 2.03 bits per heavy atom. The van der Waals surface area contributed by atoms with Gasteiger partial charge in [-0.05, 0) is 61.1 Å². The van der Waals surface area contributed by atoms with Gasteiger partial charge in [0.25, 0.3) is 6.43 Å². The number of aliphatic hydroxyl groups excluding tert-OH is 1. The average Bonchev–Trinajstić information content (AvgIpc) is 2.76. The Morgan fingerprint density at radius 3 is 2.69 bits per heavy atom. The van der Waals surface area contributed by atoms with E-state index >= 15 is 0 Å². The van der Waals surface area contributed by atoms with Crippen LogP contribution in [0.1, 0.15) is 49.9 Å². The first-order valence-electron chi connectivity index (χ1n) is 10.9. The highest BCUT2D eigenvalue weighted by Crippen LogP contribution is 2.40. The fourth-order valence-corrected chi connectivity index (χ4v) is 4.20. The molecule has 0 radical (unpaired) electrons. The van der Waals surface area contributed by atoms with Crippen molar-refractivity contribution in [2.45, 2.75) is 58.5 Å². The van der Waals surface area contributed by atoms with Gasteiger partial charge in [0.05, 0.1) is 23.6 Å². The Hall–Kier alpha value is -2.79. The SMILES string of the molecule is CC1(C)C[C@H](Cc2nc(NCCc3ccc(OCC(F)F)cc3)ncc2C#N)CC[C@@H]1O. The van der Waals surface area contributed by atoms with Crippen LogP contribution in [0.25, 0.3) is 0 Å². The summed E-state index contributed by atoms with van der Waals surface area (Å²) in [6, 6.07) is 9.22. The second kappa shape index (κ2) is 10.7. The van der Waals surface area contributed by atoms with Gasteiger partial charge in [0.2, 0.25) is 5.95 Å². The molecule has 1 aromatic heterocycles. The van der Waals surface area contributed by atoms with E-state index in [-0.39, 0.29) is 11.5 Å². The fraction of sp³-hybridized carbons (Fsp3) is 0.542. The summed E-state index contributed by atoms with van der Waals surface area (Å²) in [5.41, 5.74) is 2.12. The van der Waals surface area contributed by atoms with E-state index in [4.69, 9.17) is 4.74 Å². The van der Waals surface area contributed by atoms with Gasteiger partial charge >= 0.3 is 0 Å². The van der Waals surface area contributed by atoms with Crippen LogP contribution >= 0.6 is 0 Å². The zero-order chi connectivity index (χ0) is 23.1. The van der Waals surface area contributed by atoms with Crippen LogP contribution in [0.5, 0.6) is 5.75 Å². The monoisotopic (exact) mass is 444 g/mol. The number of aliphatic hydroxyl groups is 1. The quantitative estimate of drug-likeness (QED) is 0.597. The molecule has 0 unspecified atom stereocenters. The van der Waals surface area contributed by atoms with Crippen molar-refractivity contribution in [2.24, 2.45) is 11.3 Å². The molecule has 3 rings (SSSR count). The number of nitrogens with zero attached hydrogens (tertiary/aromatic N) is 3. The summed E-state index contributed by atoms with van der Waals surface area (Å²) < 4.78 is 29.4. The third kappa shape index (κ3) is 6.60. The number of hydrogen-bond acceptors (Lipinski definition) is 6. The van der Waals surface area contributed by atoms with Crippen molar-refractivity contribution in [1.29, 1.82) is 5.26 Å². The Morgan fingerprint density at radius 1 is 1.28 bits per heavy atom. The minimum atomic E-state index is -2.49. The minimum absolute atomic E-state index is 0.135. The number of rotatable bonds is 9. The standard InChI is InChI=1S/C24H30F2N4O2/c1-24(2)12-17(5-8-21(24)31)11-20-18(13-27)14-29-23(30-20)28-10-9-16-3-6-19(7-4-16)32-15-22(25)26/h3-4,6-7,14,17,21-22,31H,5,8-12,15H2,1-2H3,(H,28,29,30)/t17-,21-/m0/s1. The molecule has 2 atom stereocenters. The maximum atomic E-state index is 12.2. The number of alkyl halides is 2. The molecule has 1 fully saturated rings. The third-order valence-corrected chi connectivity index (χ3v) is 6.03. The lowest BCUT2D eigenvalue weighted by Crippen LogP contribution is -2.37. The molecule has 172 valence electrons. The molecule has 8 heteroatoms. The van der Waals surface area contributed by atoms with Gasteiger partial charge in [-0.1, -0.05) is 26.0 Å². The minimum Gasteiger partial charge on any atom is -0.488 e. The van der Waals surface area contributed by atoms with Crippen molar-refractivity contribution in [1.82, 2.24) is 9.97 Å². The van der Waals surface area contributed by atoms with Crippen molar-refractivity contribution >= 4 is 5.95 Å². The Kier molecular flexibility index (Phi) is 7.97. The summed E-state index contributed by atoms with van der Waals surface area (Å²) in [6.45, 7) is 4.14. The number of nitrogens with one attached hydrogen (secondary N) is 1. The molecule has 1 aliphatic carbocycles. The lowest BCUT2D eigenvalue weighted by atomic mass is 9.69. The van der Waals surface area contributed by atoms with Crippen molar-refractivity contribution in [3.63, 3.8) is 0 Å². The van der Waals surface area contributed by atoms with E-state index in [1.165, 1.54) is 0 Å². The normalized spacial score (nSPS) is 20.0. The molecular formula is C24H30F2N4O2. The van der Waals surface area contributed by atoms with Crippen LogP contribution in [-0.4, -0.2) is 40.8 Å². The van der Waals surface area contributed by atoms with E-state index in [0.29, 0.717) is 42.6 Å². The van der Waals surface area contributed by atoms with Crippen molar-refractivity contribution in [3.05, 3.63) is 47.3 Å². The van der Waals surface area contributed by atoms with Gasteiger partial charge in [0.15, 0.2) is 0 Å². The highest BCUT2D eigenvalue weighted by Gasteiger charge is 2.35. The van der Waals surface area contributed by atoms with E-state index < -0.39 is 13.0 Å². The highest BCUT2D eigenvalue weighted by atomic mass is 19.3. The summed E-state index contributed by atoms with van der Waals surface area (Å²) in [7, 11) is 0. The van der Waals surface area contributed by atoms with Gasteiger partial charge in [0, 0.05) is 6.54 Å². The largest absolute Gasteiger partial charge is 0.488 e. The van der Waals surface area contributed by atoms with E-state index in [0.717, 1.165) is 30.5 Å². The molecule has 1 aliphatic rings. The second-order valence-corrected chi connectivity index (χ2v) is 9.04. The van der Waals surface area contributed by atoms with E-state index in [1.54, 1.807) is 18.3 Å². The summed E-state index contributed by atoms with van der Waals surface area (Å²) in [6.07, 6.45) is 2.74. The highest BCUT2D eigenvalue weighted by molar-refractivity contribution is 5.37. The summed E-state index contributed by atoms with van der Waals surface area (Å²) in [5.74, 6) is 1.26.